The Morgan fingerprint density at radius 1 is 1.41 bits per heavy atom. The summed E-state index contributed by atoms with van der Waals surface area (Å²) in [5, 5.41) is 0. The number of nitrogens with two attached hydrogens (primary N) is 1. The summed E-state index contributed by atoms with van der Waals surface area (Å²) < 4.78 is 6.55. The van der Waals surface area contributed by atoms with Crippen LogP contribution >= 0.6 is 15.9 Å². The molecular weight excluding hydrogens is 280 g/mol. The standard InChI is InChI=1S/C13H19BrN2O/c1-16(7-11-8-17-9-13(11)15)6-10-4-2-3-5-12(10)14/h2-5,11,13H,6-9,15H2,1H3. The van der Waals surface area contributed by atoms with Gasteiger partial charge in [0, 0.05) is 29.5 Å². The lowest BCUT2D eigenvalue weighted by Crippen LogP contribution is -2.36. The van der Waals surface area contributed by atoms with E-state index in [0.29, 0.717) is 12.5 Å². The highest BCUT2D eigenvalue weighted by molar-refractivity contribution is 9.10. The predicted octanol–water partition coefficient (Wildman–Crippen LogP) is 1.85. The van der Waals surface area contributed by atoms with Crippen LogP contribution in [0.15, 0.2) is 28.7 Å². The van der Waals surface area contributed by atoms with Gasteiger partial charge in [-0.25, -0.2) is 0 Å². The first-order chi connectivity index (χ1) is 8.16. The number of hydrogen-bond donors (Lipinski definition) is 1. The van der Waals surface area contributed by atoms with Crippen molar-refractivity contribution in [1.82, 2.24) is 4.90 Å². The van der Waals surface area contributed by atoms with Gasteiger partial charge in [-0.05, 0) is 18.7 Å². The Labute approximate surface area is 111 Å². The Bertz CT molecular complexity index is 372. The molecule has 4 heteroatoms. The van der Waals surface area contributed by atoms with Gasteiger partial charge in [0.05, 0.1) is 13.2 Å². The Morgan fingerprint density at radius 2 is 2.18 bits per heavy atom. The second-order valence-electron chi connectivity index (χ2n) is 4.75. The van der Waals surface area contributed by atoms with Gasteiger partial charge >= 0.3 is 0 Å². The molecule has 2 N–H and O–H groups in total. The van der Waals surface area contributed by atoms with Gasteiger partial charge in [-0.1, -0.05) is 34.1 Å². The molecule has 0 aliphatic carbocycles. The van der Waals surface area contributed by atoms with Gasteiger partial charge in [0.15, 0.2) is 0 Å². The highest BCUT2D eigenvalue weighted by Gasteiger charge is 2.25. The number of hydrogen-bond acceptors (Lipinski definition) is 3. The molecule has 1 aliphatic rings. The van der Waals surface area contributed by atoms with Crippen molar-refractivity contribution in [2.24, 2.45) is 11.7 Å². The average Bonchev–Trinajstić information content (AvgIpc) is 2.68. The van der Waals surface area contributed by atoms with Crippen molar-refractivity contribution < 1.29 is 4.74 Å². The summed E-state index contributed by atoms with van der Waals surface area (Å²) in [7, 11) is 2.13. The van der Waals surface area contributed by atoms with Crippen LogP contribution in [0.25, 0.3) is 0 Å². The molecule has 17 heavy (non-hydrogen) atoms. The van der Waals surface area contributed by atoms with E-state index >= 15 is 0 Å². The summed E-state index contributed by atoms with van der Waals surface area (Å²) in [5.74, 6) is 0.461. The minimum Gasteiger partial charge on any atom is -0.379 e. The second-order valence-corrected chi connectivity index (χ2v) is 5.60. The molecule has 1 aliphatic heterocycles. The Kier molecular flexibility index (Phi) is 4.56. The molecule has 1 aromatic carbocycles. The molecule has 1 aromatic rings. The highest BCUT2D eigenvalue weighted by Crippen LogP contribution is 2.19. The van der Waals surface area contributed by atoms with E-state index in [9.17, 15) is 0 Å². The van der Waals surface area contributed by atoms with E-state index in [4.69, 9.17) is 10.5 Å². The van der Waals surface area contributed by atoms with Crippen LogP contribution in [0.3, 0.4) is 0 Å². The van der Waals surface area contributed by atoms with Crippen molar-refractivity contribution in [3.8, 4) is 0 Å². The van der Waals surface area contributed by atoms with Crippen LogP contribution < -0.4 is 5.73 Å². The molecule has 0 radical (unpaired) electrons. The van der Waals surface area contributed by atoms with E-state index in [1.165, 1.54) is 10.0 Å². The zero-order valence-corrected chi connectivity index (χ0v) is 11.7. The molecule has 3 nitrogen and oxygen atoms in total. The molecule has 0 aromatic heterocycles. The summed E-state index contributed by atoms with van der Waals surface area (Å²) >= 11 is 3.57. The van der Waals surface area contributed by atoms with Gasteiger partial charge in [-0.15, -0.1) is 0 Å². The third kappa shape index (κ3) is 3.52. The lowest BCUT2D eigenvalue weighted by molar-refractivity contribution is 0.172. The van der Waals surface area contributed by atoms with Crippen LogP contribution in [0.1, 0.15) is 5.56 Å². The van der Waals surface area contributed by atoms with Crippen molar-refractivity contribution in [1.29, 1.82) is 0 Å². The van der Waals surface area contributed by atoms with Gasteiger partial charge in [0.25, 0.3) is 0 Å². The third-order valence-electron chi connectivity index (χ3n) is 3.19. The average molecular weight is 299 g/mol. The van der Waals surface area contributed by atoms with Crippen LogP contribution in [0.2, 0.25) is 0 Å². The summed E-state index contributed by atoms with van der Waals surface area (Å²) in [6.07, 6.45) is 0. The van der Waals surface area contributed by atoms with E-state index in [1.54, 1.807) is 0 Å². The van der Waals surface area contributed by atoms with Crippen LogP contribution in [0.4, 0.5) is 0 Å². The zero-order chi connectivity index (χ0) is 12.3. The van der Waals surface area contributed by atoms with E-state index in [1.807, 2.05) is 6.07 Å². The van der Waals surface area contributed by atoms with Crippen molar-refractivity contribution in [3.05, 3.63) is 34.3 Å². The maximum Gasteiger partial charge on any atom is 0.0621 e. The fraction of sp³-hybridized carbons (Fsp3) is 0.538. The van der Waals surface area contributed by atoms with Gasteiger partial charge in [0.1, 0.15) is 0 Å². The van der Waals surface area contributed by atoms with Gasteiger partial charge in [-0.3, -0.25) is 0 Å². The maximum absolute atomic E-state index is 5.99. The molecule has 0 saturated carbocycles. The Balaban J connectivity index is 1.89. The summed E-state index contributed by atoms with van der Waals surface area (Å²) in [5.41, 5.74) is 7.30. The topological polar surface area (TPSA) is 38.5 Å². The summed E-state index contributed by atoms with van der Waals surface area (Å²) in [6, 6.07) is 8.52. The number of nitrogens with zero attached hydrogens (tertiary/aromatic N) is 1. The molecule has 0 bridgehead atoms. The van der Waals surface area contributed by atoms with E-state index in [-0.39, 0.29) is 6.04 Å². The molecule has 2 atom stereocenters. The molecule has 0 spiro atoms. The number of benzene rings is 1. The first-order valence-electron chi connectivity index (χ1n) is 5.92. The normalized spacial score (nSPS) is 24.5. The SMILES string of the molecule is CN(Cc1ccccc1Br)CC1COCC1N. The fourth-order valence-corrected chi connectivity index (χ4v) is 2.60. The smallest absolute Gasteiger partial charge is 0.0621 e. The minimum absolute atomic E-state index is 0.191. The quantitative estimate of drug-likeness (QED) is 0.922. The molecule has 94 valence electrons. The molecule has 0 amide bonds. The number of halogens is 1. The molecular formula is C13H19BrN2O. The van der Waals surface area contributed by atoms with Crippen molar-refractivity contribution in [3.63, 3.8) is 0 Å². The largest absolute Gasteiger partial charge is 0.379 e. The number of ether oxygens (including phenoxy) is 1. The van der Waals surface area contributed by atoms with Crippen LogP contribution in [0, 0.1) is 5.92 Å². The van der Waals surface area contributed by atoms with Crippen molar-refractivity contribution in [2.45, 2.75) is 12.6 Å². The van der Waals surface area contributed by atoms with Gasteiger partial charge < -0.3 is 15.4 Å². The number of rotatable bonds is 4. The zero-order valence-electron chi connectivity index (χ0n) is 10.1. The van der Waals surface area contributed by atoms with E-state index in [0.717, 1.165) is 19.7 Å². The summed E-state index contributed by atoms with van der Waals surface area (Å²) in [6.45, 7) is 3.42. The maximum atomic E-state index is 5.99. The Morgan fingerprint density at radius 3 is 2.82 bits per heavy atom. The van der Waals surface area contributed by atoms with Crippen LogP contribution in [-0.2, 0) is 11.3 Å². The first-order valence-corrected chi connectivity index (χ1v) is 6.71. The minimum atomic E-state index is 0.191. The molecule has 1 fully saturated rings. The monoisotopic (exact) mass is 298 g/mol. The molecule has 2 unspecified atom stereocenters. The second kappa shape index (κ2) is 5.96. The van der Waals surface area contributed by atoms with Crippen molar-refractivity contribution >= 4 is 15.9 Å². The lowest BCUT2D eigenvalue weighted by atomic mass is 10.0. The molecule has 1 heterocycles. The molecule has 2 rings (SSSR count). The van der Waals surface area contributed by atoms with Gasteiger partial charge in [0.2, 0.25) is 0 Å². The third-order valence-corrected chi connectivity index (χ3v) is 3.97. The summed E-state index contributed by atoms with van der Waals surface area (Å²) in [4.78, 5) is 2.30. The van der Waals surface area contributed by atoms with Crippen LogP contribution in [-0.4, -0.2) is 37.7 Å². The predicted molar refractivity (Wildman–Crippen MR) is 72.8 cm³/mol. The van der Waals surface area contributed by atoms with E-state index < -0.39 is 0 Å². The van der Waals surface area contributed by atoms with E-state index in [2.05, 4.69) is 46.1 Å². The van der Waals surface area contributed by atoms with Crippen LogP contribution in [0.5, 0.6) is 0 Å². The first kappa shape index (κ1) is 13.0. The van der Waals surface area contributed by atoms with Crippen molar-refractivity contribution in [2.75, 3.05) is 26.8 Å². The van der Waals surface area contributed by atoms with Gasteiger partial charge in [-0.2, -0.15) is 0 Å². The highest BCUT2D eigenvalue weighted by atomic mass is 79.9. The lowest BCUT2D eigenvalue weighted by Gasteiger charge is -2.22. The molecule has 1 saturated heterocycles. The fourth-order valence-electron chi connectivity index (χ4n) is 2.19. The Hall–Kier alpha value is -0.420.